The molecule has 0 N–H and O–H groups in total. The molecule has 0 aromatic heterocycles. The standard InChI is InChI=1S/C14H18N2/c1-14-9-6-10-16(15(14)2)13(11-14)12-7-4-3-5-8-12/h3-5,7-8,11H,6,9-10H2,1-2H3. The molecule has 0 aliphatic carbocycles. The fourth-order valence-corrected chi connectivity index (χ4v) is 2.83. The summed E-state index contributed by atoms with van der Waals surface area (Å²) in [6, 6.07) is 10.7. The maximum Gasteiger partial charge on any atom is 0.0576 e. The van der Waals surface area contributed by atoms with Crippen molar-refractivity contribution in [3.05, 3.63) is 42.0 Å². The molecule has 3 rings (SSSR count). The first-order valence-corrected chi connectivity index (χ1v) is 6.00. The molecule has 1 saturated heterocycles. The van der Waals surface area contributed by atoms with Gasteiger partial charge >= 0.3 is 0 Å². The predicted molar refractivity (Wildman–Crippen MR) is 66.5 cm³/mol. The minimum absolute atomic E-state index is 0.226. The van der Waals surface area contributed by atoms with Gasteiger partial charge in [0.25, 0.3) is 0 Å². The van der Waals surface area contributed by atoms with Crippen molar-refractivity contribution in [1.29, 1.82) is 0 Å². The zero-order valence-corrected chi connectivity index (χ0v) is 9.98. The van der Waals surface area contributed by atoms with Crippen LogP contribution in [0.5, 0.6) is 0 Å². The van der Waals surface area contributed by atoms with Gasteiger partial charge in [-0.2, -0.15) is 0 Å². The van der Waals surface area contributed by atoms with Gasteiger partial charge in [-0.15, -0.1) is 0 Å². The summed E-state index contributed by atoms with van der Waals surface area (Å²) in [7, 11) is 2.20. The molecule has 2 bridgehead atoms. The Bertz CT molecular complexity index is 424. The second-order valence-electron chi connectivity index (χ2n) is 5.00. The quantitative estimate of drug-likeness (QED) is 0.709. The fraction of sp³-hybridized carbons (Fsp3) is 0.429. The van der Waals surface area contributed by atoms with E-state index >= 15 is 0 Å². The molecule has 2 heterocycles. The van der Waals surface area contributed by atoms with Crippen molar-refractivity contribution in [2.45, 2.75) is 25.3 Å². The highest BCUT2D eigenvalue weighted by atomic mass is 15.7. The lowest BCUT2D eigenvalue weighted by Crippen LogP contribution is -2.50. The first-order valence-electron chi connectivity index (χ1n) is 6.00. The third kappa shape index (κ3) is 1.30. The molecule has 0 saturated carbocycles. The Kier molecular flexibility index (Phi) is 2.08. The molecule has 2 aliphatic heterocycles. The fourth-order valence-electron chi connectivity index (χ4n) is 2.83. The molecule has 2 heteroatoms. The van der Waals surface area contributed by atoms with Gasteiger partial charge < -0.3 is 5.01 Å². The van der Waals surface area contributed by atoms with Gasteiger partial charge in [-0.1, -0.05) is 30.3 Å². The minimum atomic E-state index is 0.226. The number of benzene rings is 1. The van der Waals surface area contributed by atoms with Gasteiger partial charge in [0.1, 0.15) is 0 Å². The molecule has 16 heavy (non-hydrogen) atoms. The van der Waals surface area contributed by atoms with Crippen LogP contribution in [0.2, 0.25) is 0 Å². The highest BCUT2D eigenvalue weighted by molar-refractivity contribution is 5.67. The van der Waals surface area contributed by atoms with E-state index in [1.54, 1.807) is 0 Å². The van der Waals surface area contributed by atoms with Crippen LogP contribution in [0, 0.1) is 0 Å². The second-order valence-corrected chi connectivity index (χ2v) is 5.00. The third-order valence-electron chi connectivity index (χ3n) is 3.95. The van der Waals surface area contributed by atoms with Gasteiger partial charge in [0.15, 0.2) is 0 Å². The summed E-state index contributed by atoms with van der Waals surface area (Å²) in [5.74, 6) is 0. The number of nitrogens with zero attached hydrogens (tertiary/aromatic N) is 2. The molecular weight excluding hydrogens is 196 g/mol. The van der Waals surface area contributed by atoms with E-state index in [0.717, 1.165) is 6.54 Å². The lowest BCUT2D eigenvalue weighted by molar-refractivity contribution is -0.0280. The zero-order chi connectivity index (χ0) is 11.2. The van der Waals surface area contributed by atoms with Crippen molar-refractivity contribution >= 4 is 5.70 Å². The third-order valence-corrected chi connectivity index (χ3v) is 3.95. The summed E-state index contributed by atoms with van der Waals surface area (Å²) in [6.45, 7) is 3.47. The summed E-state index contributed by atoms with van der Waals surface area (Å²) >= 11 is 0. The summed E-state index contributed by atoms with van der Waals surface area (Å²) in [4.78, 5) is 0. The monoisotopic (exact) mass is 214 g/mol. The van der Waals surface area contributed by atoms with Crippen LogP contribution in [-0.2, 0) is 0 Å². The van der Waals surface area contributed by atoms with E-state index in [1.165, 1.54) is 24.1 Å². The summed E-state index contributed by atoms with van der Waals surface area (Å²) in [5, 5.41) is 4.80. The average molecular weight is 214 g/mol. The highest BCUT2D eigenvalue weighted by Crippen LogP contribution is 2.41. The van der Waals surface area contributed by atoms with Crippen molar-refractivity contribution in [2.75, 3.05) is 13.6 Å². The van der Waals surface area contributed by atoms with E-state index in [-0.39, 0.29) is 5.54 Å². The number of likely N-dealkylation sites (N-methyl/N-ethyl adjacent to an activating group) is 1. The summed E-state index contributed by atoms with van der Waals surface area (Å²) in [5.41, 5.74) is 2.94. The molecule has 0 amide bonds. The Morgan fingerprint density at radius 2 is 1.94 bits per heavy atom. The molecule has 1 fully saturated rings. The van der Waals surface area contributed by atoms with Crippen molar-refractivity contribution in [1.82, 2.24) is 10.0 Å². The van der Waals surface area contributed by atoms with Gasteiger partial charge in [-0.25, -0.2) is 5.01 Å². The van der Waals surface area contributed by atoms with Crippen LogP contribution in [-0.4, -0.2) is 29.1 Å². The van der Waals surface area contributed by atoms with Crippen molar-refractivity contribution in [2.24, 2.45) is 0 Å². The molecule has 84 valence electrons. The predicted octanol–water partition coefficient (Wildman–Crippen LogP) is 2.74. The molecule has 0 spiro atoms. The van der Waals surface area contributed by atoms with E-state index < -0.39 is 0 Å². The summed E-state index contributed by atoms with van der Waals surface area (Å²) < 4.78 is 0. The Balaban J connectivity index is 2.04. The minimum Gasteiger partial charge on any atom is -0.305 e. The molecule has 0 radical (unpaired) electrons. The molecule has 1 aromatic rings. The second kappa shape index (κ2) is 3.36. The van der Waals surface area contributed by atoms with Gasteiger partial charge in [-0.3, -0.25) is 0 Å². The first-order chi connectivity index (χ1) is 7.71. The SMILES string of the molecule is CN1N2CCCC1(C)C=C2c1ccccc1. The number of hydrogen-bond donors (Lipinski definition) is 0. The Labute approximate surface area is 97.1 Å². The highest BCUT2D eigenvalue weighted by Gasteiger charge is 2.41. The van der Waals surface area contributed by atoms with Crippen LogP contribution in [0.25, 0.3) is 5.70 Å². The Morgan fingerprint density at radius 3 is 2.62 bits per heavy atom. The number of fused-ring (bicyclic) bond motifs is 2. The number of hydrazine groups is 1. The van der Waals surface area contributed by atoms with Crippen LogP contribution >= 0.6 is 0 Å². The zero-order valence-electron chi connectivity index (χ0n) is 9.98. The summed E-state index contributed by atoms with van der Waals surface area (Å²) in [6.07, 6.45) is 4.97. The smallest absolute Gasteiger partial charge is 0.0576 e. The van der Waals surface area contributed by atoms with Crippen LogP contribution in [0.3, 0.4) is 0 Å². The number of hydrogen-bond acceptors (Lipinski definition) is 2. The molecule has 1 aromatic carbocycles. The molecule has 1 unspecified atom stereocenters. The van der Waals surface area contributed by atoms with E-state index in [4.69, 9.17) is 0 Å². The maximum atomic E-state index is 2.43. The normalized spacial score (nSPS) is 29.4. The van der Waals surface area contributed by atoms with Crippen LogP contribution in [0.15, 0.2) is 36.4 Å². The average Bonchev–Trinajstić information content (AvgIpc) is 2.48. The Hall–Kier alpha value is -1.28. The van der Waals surface area contributed by atoms with Crippen molar-refractivity contribution in [3.63, 3.8) is 0 Å². The maximum absolute atomic E-state index is 2.43. The molecule has 2 nitrogen and oxygen atoms in total. The van der Waals surface area contributed by atoms with Gasteiger partial charge in [0, 0.05) is 13.6 Å². The van der Waals surface area contributed by atoms with Crippen LogP contribution in [0.1, 0.15) is 25.3 Å². The van der Waals surface area contributed by atoms with Crippen molar-refractivity contribution in [3.8, 4) is 0 Å². The van der Waals surface area contributed by atoms with Gasteiger partial charge in [0.2, 0.25) is 0 Å². The lowest BCUT2D eigenvalue weighted by Gasteiger charge is -2.42. The molecular formula is C14H18N2. The van der Waals surface area contributed by atoms with Crippen LogP contribution in [0.4, 0.5) is 0 Å². The topological polar surface area (TPSA) is 6.48 Å². The lowest BCUT2D eigenvalue weighted by atomic mass is 9.94. The largest absolute Gasteiger partial charge is 0.305 e. The molecule has 2 aliphatic rings. The van der Waals surface area contributed by atoms with E-state index in [1.807, 2.05) is 0 Å². The first kappa shape index (κ1) is 9.91. The number of rotatable bonds is 1. The van der Waals surface area contributed by atoms with E-state index in [2.05, 4.69) is 60.4 Å². The van der Waals surface area contributed by atoms with Crippen molar-refractivity contribution < 1.29 is 0 Å². The molecule has 1 atom stereocenters. The van der Waals surface area contributed by atoms with E-state index in [0.29, 0.717) is 0 Å². The van der Waals surface area contributed by atoms with Gasteiger partial charge in [-0.05, 0) is 31.4 Å². The van der Waals surface area contributed by atoms with Crippen LogP contribution < -0.4 is 0 Å². The Morgan fingerprint density at radius 1 is 1.19 bits per heavy atom. The van der Waals surface area contributed by atoms with Gasteiger partial charge in [0.05, 0.1) is 11.2 Å². The van der Waals surface area contributed by atoms with E-state index in [9.17, 15) is 0 Å².